The van der Waals surface area contributed by atoms with Gasteiger partial charge >= 0.3 is 0 Å². The molecule has 2 rings (SSSR count). The Labute approximate surface area is 138 Å². The van der Waals surface area contributed by atoms with Gasteiger partial charge in [-0.05, 0) is 32.3 Å². The van der Waals surface area contributed by atoms with E-state index in [0.29, 0.717) is 39.1 Å². The first kappa shape index (κ1) is 17.5. The molecule has 126 valence electrons. The van der Waals surface area contributed by atoms with Gasteiger partial charge in [0.2, 0.25) is 11.8 Å². The molecule has 0 unspecified atom stereocenters. The molecule has 23 heavy (non-hydrogen) atoms. The maximum atomic E-state index is 12.6. The van der Waals surface area contributed by atoms with E-state index in [4.69, 9.17) is 4.74 Å². The molecule has 1 atom stereocenters. The number of benzene rings is 1. The third-order valence-electron chi connectivity index (χ3n) is 4.35. The number of nitrogens with one attached hydrogen (secondary N) is 1. The molecule has 0 radical (unpaired) electrons. The predicted molar refractivity (Wildman–Crippen MR) is 88.8 cm³/mol. The molecule has 1 N–H and O–H groups in total. The van der Waals surface area contributed by atoms with Crippen molar-refractivity contribution in [3.63, 3.8) is 0 Å². The van der Waals surface area contributed by atoms with E-state index in [0.717, 1.165) is 12.0 Å². The second-order valence-electron chi connectivity index (χ2n) is 6.05. The smallest absolute Gasteiger partial charge is 0.245 e. The molecule has 0 spiro atoms. The fraction of sp³-hybridized carbons (Fsp3) is 0.556. The van der Waals surface area contributed by atoms with Gasteiger partial charge in [-0.3, -0.25) is 9.59 Å². The third kappa shape index (κ3) is 4.32. The lowest BCUT2D eigenvalue weighted by Crippen LogP contribution is -2.54. The number of nitrogens with zero attached hydrogens (tertiary/aromatic N) is 1. The van der Waals surface area contributed by atoms with E-state index in [2.05, 4.69) is 5.32 Å². The number of hydrogen-bond donors (Lipinski definition) is 1. The molecule has 1 aliphatic heterocycles. The van der Waals surface area contributed by atoms with Crippen LogP contribution < -0.4 is 5.32 Å². The van der Waals surface area contributed by atoms with E-state index in [-0.39, 0.29) is 11.8 Å². The van der Waals surface area contributed by atoms with Crippen LogP contribution in [-0.4, -0.2) is 42.0 Å². The number of carbonyl (C=O) groups is 2. The van der Waals surface area contributed by atoms with Crippen molar-refractivity contribution in [1.29, 1.82) is 0 Å². The van der Waals surface area contributed by atoms with Crippen molar-refractivity contribution in [2.45, 2.75) is 45.2 Å². The van der Waals surface area contributed by atoms with Gasteiger partial charge in [0.05, 0.1) is 0 Å². The summed E-state index contributed by atoms with van der Waals surface area (Å²) in [6.07, 6.45) is 1.77. The van der Waals surface area contributed by atoms with Gasteiger partial charge in [-0.25, -0.2) is 0 Å². The molecular formula is C18H26N2O3. The lowest BCUT2D eigenvalue weighted by Gasteiger charge is -2.34. The minimum Gasteiger partial charge on any atom is -0.382 e. The van der Waals surface area contributed by atoms with Crippen LogP contribution in [0.1, 0.15) is 38.7 Å². The van der Waals surface area contributed by atoms with Crippen LogP contribution in [0.5, 0.6) is 0 Å². The lowest BCUT2D eigenvalue weighted by molar-refractivity contribution is -0.141. The first-order chi connectivity index (χ1) is 11.1. The largest absolute Gasteiger partial charge is 0.382 e. The highest BCUT2D eigenvalue weighted by Gasteiger charge is 2.46. The second-order valence-corrected chi connectivity index (χ2v) is 6.05. The maximum absolute atomic E-state index is 12.6. The summed E-state index contributed by atoms with van der Waals surface area (Å²) < 4.78 is 5.27. The summed E-state index contributed by atoms with van der Waals surface area (Å²) in [6, 6.07) is 9.79. The summed E-state index contributed by atoms with van der Waals surface area (Å²) in [4.78, 5) is 26.5. The van der Waals surface area contributed by atoms with Gasteiger partial charge < -0.3 is 15.0 Å². The SMILES string of the molecule is CCOCCCNC(=O)[C@]1(C)CCC(=O)N1Cc1ccccc1. The third-order valence-corrected chi connectivity index (χ3v) is 4.35. The van der Waals surface area contributed by atoms with Gasteiger partial charge in [0.25, 0.3) is 0 Å². The molecule has 0 saturated carbocycles. The Morgan fingerprint density at radius 3 is 2.78 bits per heavy atom. The van der Waals surface area contributed by atoms with Crippen molar-refractivity contribution in [2.24, 2.45) is 0 Å². The monoisotopic (exact) mass is 318 g/mol. The summed E-state index contributed by atoms with van der Waals surface area (Å²) in [5.41, 5.74) is 0.275. The average molecular weight is 318 g/mol. The Hall–Kier alpha value is -1.88. The van der Waals surface area contributed by atoms with Gasteiger partial charge in [-0.1, -0.05) is 30.3 Å². The van der Waals surface area contributed by atoms with Gasteiger partial charge in [-0.2, -0.15) is 0 Å². The number of rotatable bonds is 8. The van der Waals surface area contributed by atoms with Crippen LogP contribution in [0.15, 0.2) is 30.3 Å². The van der Waals surface area contributed by atoms with Gasteiger partial charge in [0.15, 0.2) is 0 Å². The van der Waals surface area contributed by atoms with E-state index in [1.165, 1.54) is 0 Å². The van der Waals surface area contributed by atoms with Crippen LogP contribution in [0.4, 0.5) is 0 Å². The lowest BCUT2D eigenvalue weighted by atomic mass is 9.97. The zero-order valence-electron chi connectivity index (χ0n) is 14.0. The molecule has 0 aliphatic carbocycles. The zero-order chi connectivity index (χ0) is 16.7. The standard InChI is InChI=1S/C18H26N2O3/c1-3-23-13-7-12-19-17(22)18(2)11-10-16(21)20(18)14-15-8-5-4-6-9-15/h4-6,8-9H,3,7,10-14H2,1-2H3,(H,19,22)/t18-/m0/s1. The molecule has 1 aromatic carbocycles. The molecule has 1 heterocycles. The summed E-state index contributed by atoms with van der Waals surface area (Å²) in [5, 5.41) is 2.95. The van der Waals surface area contributed by atoms with Crippen molar-refractivity contribution in [2.75, 3.05) is 19.8 Å². The summed E-state index contributed by atoms with van der Waals surface area (Å²) in [7, 11) is 0. The zero-order valence-corrected chi connectivity index (χ0v) is 14.0. The Bertz CT molecular complexity index is 532. The average Bonchev–Trinajstić information content (AvgIpc) is 2.85. The van der Waals surface area contributed by atoms with Crippen LogP contribution in [0.3, 0.4) is 0 Å². The molecule has 5 nitrogen and oxygen atoms in total. The Morgan fingerprint density at radius 1 is 1.35 bits per heavy atom. The van der Waals surface area contributed by atoms with E-state index in [1.54, 1.807) is 4.90 Å². The van der Waals surface area contributed by atoms with Crippen molar-refractivity contribution in [3.05, 3.63) is 35.9 Å². The molecule has 5 heteroatoms. The molecule has 1 aliphatic rings. The fourth-order valence-electron chi connectivity index (χ4n) is 2.87. The molecule has 1 aromatic rings. The number of carbonyl (C=O) groups excluding carboxylic acids is 2. The van der Waals surface area contributed by atoms with Gasteiger partial charge in [0, 0.05) is 32.7 Å². The Morgan fingerprint density at radius 2 is 2.09 bits per heavy atom. The van der Waals surface area contributed by atoms with E-state index >= 15 is 0 Å². The topological polar surface area (TPSA) is 58.6 Å². The maximum Gasteiger partial charge on any atom is 0.245 e. The Balaban J connectivity index is 1.96. The number of amides is 2. The summed E-state index contributed by atoms with van der Waals surface area (Å²) >= 11 is 0. The first-order valence-corrected chi connectivity index (χ1v) is 8.28. The highest BCUT2D eigenvalue weighted by molar-refractivity contribution is 5.94. The normalized spacial score (nSPS) is 20.8. The number of ether oxygens (including phenoxy) is 1. The van der Waals surface area contributed by atoms with Crippen molar-refractivity contribution in [3.8, 4) is 0 Å². The van der Waals surface area contributed by atoms with Crippen LogP contribution in [0.25, 0.3) is 0 Å². The van der Waals surface area contributed by atoms with Gasteiger partial charge in [0.1, 0.15) is 5.54 Å². The first-order valence-electron chi connectivity index (χ1n) is 8.28. The van der Waals surface area contributed by atoms with Crippen LogP contribution in [0, 0.1) is 0 Å². The summed E-state index contributed by atoms with van der Waals surface area (Å²) in [5.74, 6) is -0.0309. The highest BCUT2D eigenvalue weighted by atomic mass is 16.5. The number of likely N-dealkylation sites (tertiary alicyclic amines) is 1. The van der Waals surface area contributed by atoms with E-state index < -0.39 is 5.54 Å². The Kier molecular flexibility index (Phi) is 6.16. The molecule has 0 bridgehead atoms. The highest BCUT2D eigenvalue weighted by Crippen LogP contribution is 2.31. The quantitative estimate of drug-likeness (QED) is 0.747. The second kappa shape index (κ2) is 8.11. The minimum atomic E-state index is -0.765. The van der Waals surface area contributed by atoms with Crippen LogP contribution in [0.2, 0.25) is 0 Å². The van der Waals surface area contributed by atoms with E-state index in [1.807, 2.05) is 44.2 Å². The minimum absolute atomic E-state index is 0.0424. The van der Waals surface area contributed by atoms with Crippen molar-refractivity contribution >= 4 is 11.8 Å². The van der Waals surface area contributed by atoms with E-state index in [9.17, 15) is 9.59 Å². The molecule has 1 fully saturated rings. The van der Waals surface area contributed by atoms with Crippen LogP contribution in [-0.2, 0) is 20.9 Å². The summed E-state index contributed by atoms with van der Waals surface area (Å²) in [6.45, 7) is 6.18. The molecule has 1 saturated heterocycles. The van der Waals surface area contributed by atoms with Crippen molar-refractivity contribution < 1.29 is 14.3 Å². The molecule has 2 amide bonds. The van der Waals surface area contributed by atoms with Crippen LogP contribution >= 0.6 is 0 Å². The fourth-order valence-corrected chi connectivity index (χ4v) is 2.87. The number of hydrogen-bond acceptors (Lipinski definition) is 3. The molecule has 0 aromatic heterocycles. The van der Waals surface area contributed by atoms with Crippen molar-refractivity contribution in [1.82, 2.24) is 10.2 Å². The molecular weight excluding hydrogens is 292 g/mol. The van der Waals surface area contributed by atoms with Gasteiger partial charge in [-0.15, -0.1) is 0 Å². The predicted octanol–water partition coefficient (Wildman–Crippen LogP) is 2.11.